The van der Waals surface area contributed by atoms with Crippen LogP contribution < -0.4 is 11.5 Å². The molecule has 5 heteroatoms. The van der Waals surface area contributed by atoms with Crippen LogP contribution in [0, 0.1) is 5.92 Å². The van der Waals surface area contributed by atoms with Gasteiger partial charge in [0, 0.05) is 19.5 Å². The lowest BCUT2D eigenvalue weighted by Gasteiger charge is -2.31. The number of primary amides is 2. The molecule has 80 valence electrons. The third-order valence-electron chi connectivity index (χ3n) is 2.63. The van der Waals surface area contributed by atoms with Gasteiger partial charge in [0.25, 0.3) is 0 Å². The van der Waals surface area contributed by atoms with E-state index in [1.54, 1.807) is 4.90 Å². The predicted octanol–water partition coefficient (Wildman–Crippen LogP) is 0.0426. The van der Waals surface area contributed by atoms with E-state index < -0.39 is 0 Å². The number of likely N-dealkylation sites (tertiary alicyclic amines) is 1. The molecule has 0 aromatic rings. The largest absolute Gasteiger partial charge is 0.370 e. The molecule has 0 aromatic carbocycles. The van der Waals surface area contributed by atoms with E-state index in [0.29, 0.717) is 18.9 Å². The van der Waals surface area contributed by atoms with E-state index in [-0.39, 0.29) is 11.9 Å². The molecule has 3 amide bonds. The minimum Gasteiger partial charge on any atom is -0.370 e. The van der Waals surface area contributed by atoms with E-state index >= 15 is 0 Å². The van der Waals surface area contributed by atoms with Crippen molar-refractivity contribution in [2.45, 2.75) is 25.7 Å². The van der Waals surface area contributed by atoms with Crippen LogP contribution >= 0.6 is 0 Å². The molecule has 14 heavy (non-hydrogen) atoms. The van der Waals surface area contributed by atoms with Crippen molar-refractivity contribution in [1.29, 1.82) is 0 Å². The number of urea groups is 1. The highest BCUT2D eigenvalue weighted by molar-refractivity contribution is 5.73. The van der Waals surface area contributed by atoms with Gasteiger partial charge in [0.05, 0.1) is 0 Å². The monoisotopic (exact) mass is 199 g/mol. The molecule has 4 N–H and O–H groups in total. The molecule has 1 aliphatic heterocycles. The lowest BCUT2D eigenvalue weighted by molar-refractivity contribution is -0.118. The van der Waals surface area contributed by atoms with Crippen molar-refractivity contribution in [3.63, 3.8) is 0 Å². The van der Waals surface area contributed by atoms with Crippen molar-refractivity contribution in [2.75, 3.05) is 13.1 Å². The van der Waals surface area contributed by atoms with Crippen LogP contribution in [0.5, 0.6) is 0 Å². The molecular weight excluding hydrogens is 182 g/mol. The second-order valence-electron chi connectivity index (χ2n) is 3.80. The molecule has 5 nitrogen and oxygen atoms in total. The molecule has 0 aliphatic carbocycles. The lowest BCUT2D eigenvalue weighted by atomic mass is 9.93. The molecule has 1 fully saturated rings. The van der Waals surface area contributed by atoms with Crippen LogP contribution in [0.4, 0.5) is 4.79 Å². The average molecular weight is 199 g/mol. The molecule has 0 bridgehead atoms. The van der Waals surface area contributed by atoms with Crippen molar-refractivity contribution < 1.29 is 9.59 Å². The summed E-state index contributed by atoms with van der Waals surface area (Å²) in [4.78, 5) is 23.1. The summed E-state index contributed by atoms with van der Waals surface area (Å²) in [7, 11) is 0. The van der Waals surface area contributed by atoms with Gasteiger partial charge in [0.15, 0.2) is 0 Å². The first kappa shape index (κ1) is 10.8. The fourth-order valence-corrected chi connectivity index (χ4v) is 1.85. The van der Waals surface area contributed by atoms with Gasteiger partial charge < -0.3 is 16.4 Å². The Balaban J connectivity index is 2.32. The molecule has 1 aliphatic rings. The Labute approximate surface area is 83.4 Å². The molecule has 1 unspecified atom stereocenters. The summed E-state index contributed by atoms with van der Waals surface area (Å²) in [6.07, 6.45) is 3.18. The van der Waals surface area contributed by atoms with E-state index in [1.807, 2.05) is 0 Å². The molecule has 1 rings (SSSR count). The highest BCUT2D eigenvalue weighted by Crippen LogP contribution is 2.20. The van der Waals surface area contributed by atoms with Crippen LogP contribution in [-0.2, 0) is 4.79 Å². The normalized spacial score (nSPS) is 22.0. The van der Waals surface area contributed by atoms with Gasteiger partial charge in [0.1, 0.15) is 0 Å². The number of carbonyl (C=O) groups excluding carboxylic acids is 2. The van der Waals surface area contributed by atoms with Crippen LogP contribution in [0.25, 0.3) is 0 Å². The summed E-state index contributed by atoms with van der Waals surface area (Å²) >= 11 is 0. The maximum Gasteiger partial charge on any atom is 0.314 e. The molecular formula is C9H17N3O2. The summed E-state index contributed by atoms with van der Waals surface area (Å²) < 4.78 is 0. The lowest BCUT2D eigenvalue weighted by Crippen LogP contribution is -2.43. The SMILES string of the molecule is NC(=O)CCC1CCCN(C(N)=O)C1. The van der Waals surface area contributed by atoms with Gasteiger partial charge in [-0.3, -0.25) is 4.79 Å². The van der Waals surface area contributed by atoms with Crippen LogP contribution in [0.3, 0.4) is 0 Å². The van der Waals surface area contributed by atoms with Crippen molar-refractivity contribution in [3.8, 4) is 0 Å². The highest BCUT2D eigenvalue weighted by Gasteiger charge is 2.21. The molecule has 1 saturated heterocycles. The number of carbonyl (C=O) groups is 2. The first-order valence-electron chi connectivity index (χ1n) is 4.92. The zero-order valence-corrected chi connectivity index (χ0v) is 8.24. The average Bonchev–Trinajstić information content (AvgIpc) is 2.15. The maximum atomic E-state index is 10.9. The Morgan fingerprint density at radius 2 is 2.07 bits per heavy atom. The number of nitrogens with two attached hydrogens (primary N) is 2. The summed E-state index contributed by atoms with van der Waals surface area (Å²) in [5, 5.41) is 0. The van der Waals surface area contributed by atoms with Gasteiger partial charge in [-0.1, -0.05) is 0 Å². The van der Waals surface area contributed by atoms with Crippen LogP contribution in [0.2, 0.25) is 0 Å². The van der Waals surface area contributed by atoms with Crippen LogP contribution in [-0.4, -0.2) is 29.9 Å². The number of rotatable bonds is 3. The fourth-order valence-electron chi connectivity index (χ4n) is 1.85. The Kier molecular flexibility index (Phi) is 3.73. The van der Waals surface area contributed by atoms with Crippen molar-refractivity contribution in [2.24, 2.45) is 17.4 Å². The molecule has 0 radical (unpaired) electrons. The van der Waals surface area contributed by atoms with Crippen LogP contribution in [0.15, 0.2) is 0 Å². The van der Waals surface area contributed by atoms with E-state index in [2.05, 4.69) is 0 Å². The zero-order chi connectivity index (χ0) is 10.6. The van der Waals surface area contributed by atoms with Crippen molar-refractivity contribution in [1.82, 2.24) is 4.90 Å². The molecule has 1 heterocycles. The number of hydrogen-bond donors (Lipinski definition) is 2. The van der Waals surface area contributed by atoms with Gasteiger partial charge in [0.2, 0.25) is 5.91 Å². The highest BCUT2D eigenvalue weighted by atomic mass is 16.2. The smallest absolute Gasteiger partial charge is 0.314 e. The van der Waals surface area contributed by atoms with Crippen molar-refractivity contribution in [3.05, 3.63) is 0 Å². The van der Waals surface area contributed by atoms with Gasteiger partial charge in [-0.05, 0) is 25.2 Å². The second kappa shape index (κ2) is 4.83. The first-order chi connectivity index (χ1) is 6.59. The Hall–Kier alpha value is -1.26. The third kappa shape index (κ3) is 3.24. The molecule has 0 spiro atoms. The Morgan fingerprint density at radius 1 is 1.36 bits per heavy atom. The zero-order valence-electron chi connectivity index (χ0n) is 8.24. The maximum absolute atomic E-state index is 10.9. The summed E-state index contributed by atoms with van der Waals surface area (Å²) in [6, 6.07) is -0.367. The van der Waals surface area contributed by atoms with Crippen molar-refractivity contribution >= 4 is 11.9 Å². The van der Waals surface area contributed by atoms with E-state index in [0.717, 1.165) is 25.8 Å². The summed E-state index contributed by atoms with van der Waals surface area (Å²) in [5.41, 5.74) is 10.2. The number of piperidine rings is 1. The first-order valence-corrected chi connectivity index (χ1v) is 4.92. The van der Waals surface area contributed by atoms with E-state index in [9.17, 15) is 9.59 Å². The topological polar surface area (TPSA) is 89.4 Å². The number of hydrogen-bond acceptors (Lipinski definition) is 2. The summed E-state index contributed by atoms with van der Waals surface area (Å²) in [6.45, 7) is 1.41. The second-order valence-corrected chi connectivity index (χ2v) is 3.80. The Morgan fingerprint density at radius 3 is 2.64 bits per heavy atom. The molecule has 0 saturated carbocycles. The van der Waals surface area contributed by atoms with E-state index in [1.165, 1.54) is 0 Å². The minimum absolute atomic E-state index is 0.277. The predicted molar refractivity (Wildman–Crippen MR) is 52.3 cm³/mol. The summed E-state index contributed by atoms with van der Waals surface area (Å²) in [5.74, 6) is 0.102. The minimum atomic E-state index is -0.367. The Bertz CT molecular complexity index is 230. The fraction of sp³-hybridized carbons (Fsp3) is 0.778. The third-order valence-corrected chi connectivity index (χ3v) is 2.63. The van der Waals surface area contributed by atoms with Gasteiger partial charge in [-0.2, -0.15) is 0 Å². The van der Waals surface area contributed by atoms with Crippen LogP contribution in [0.1, 0.15) is 25.7 Å². The quantitative estimate of drug-likeness (QED) is 0.672. The van der Waals surface area contributed by atoms with Gasteiger partial charge >= 0.3 is 6.03 Å². The molecule has 0 aromatic heterocycles. The standard InChI is InChI=1S/C9H17N3O2/c10-8(13)4-3-7-2-1-5-12(6-7)9(11)14/h7H,1-6H2,(H2,10,13)(H2,11,14). The van der Waals surface area contributed by atoms with E-state index in [4.69, 9.17) is 11.5 Å². The number of nitrogens with zero attached hydrogens (tertiary/aromatic N) is 1. The van der Waals surface area contributed by atoms with Gasteiger partial charge in [-0.25, -0.2) is 4.79 Å². The molecule has 1 atom stereocenters. The van der Waals surface area contributed by atoms with Gasteiger partial charge in [-0.15, -0.1) is 0 Å². The number of amides is 3.